The second kappa shape index (κ2) is 10.8. The van der Waals surface area contributed by atoms with Crippen LogP contribution in [0, 0.1) is 0 Å². The predicted molar refractivity (Wildman–Crippen MR) is 137 cm³/mol. The number of anilines is 1. The van der Waals surface area contributed by atoms with Gasteiger partial charge in [0.15, 0.2) is 16.6 Å². The summed E-state index contributed by atoms with van der Waals surface area (Å²) in [5, 5.41) is 10.9. The quantitative estimate of drug-likeness (QED) is 0.562. The second-order valence-corrected chi connectivity index (χ2v) is 8.87. The maximum atomic E-state index is 12.7. The number of carbonyl (C=O) groups excluding carboxylic acids is 1. The third-order valence-electron chi connectivity index (χ3n) is 6.31. The summed E-state index contributed by atoms with van der Waals surface area (Å²) in [7, 11) is 4.80. The van der Waals surface area contributed by atoms with Gasteiger partial charge in [-0.2, -0.15) is 0 Å². The molecule has 0 radical (unpaired) electrons. The van der Waals surface area contributed by atoms with E-state index in [4.69, 9.17) is 31.3 Å². The molecule has 10 heteroatoms. The van der Waals surface area contributed by atoms with E-state index in [2.05, 4.69) is 20.7 Å². The van der Waals surface area contributed by atoms with E-state index in [1.54, 1.807) is 21.3 Å². The maximum Gasteiger partial charge on any atom is 0.269 e. The van der Waals surface area contributed by atoms with Crippen molar-refractivity contribution in [3.8, 4) is 17.2 Å². The van der Waals surface area contributed by atoms with Crippen LogP contribution in [0.2, 0.25) is 0 Å². The first-order valence-electron chi connectivity index (χ1n) is 11.4. The van der Waals surface area contributed by atoms with Crippen molar-refractivity contribution < 1.29 is 23.8 Å². The zero-order valence-electron chi connectivity index (χ0n) is 20.1. The largest absolute Gasteiger partial charge is 0.495 e. The van der Waals surface area contributed by atoms with E-state index in [0.29, 0.717) is 48.4 Å². The molecule has 2 aromatic rings. The van der Waals surface area contributed by atoms with Crippen LogP contribution in [-0.4, -0.2) is 61.7 Å². The Morgan fingerprint density at radius 2 is 1.77 bits per heavy atom. The highest BCUT2D eigenvalue weighted by Gasteiger charge is 2.44. The van der Waals surface area contributed by atoms with Gasteiger partial charge in [-0.05, 0) is 42.0 Å². The summed E-state index contributed by atoms with van der Waals surface area (Å²) in [5.74, 6) is 1.76. The number of methoxy groups -OCH3 is 3. The fourth-order valence-electron chi connectivity index (χ4n) is 4.25. The lowest BCUT2D eigenvalue weighted by Crippen LogP contribution is -2.48. The van der Waals surface area contributed by atoms with Crippen LogP contribution in [0.5, 0.6) is 17.2 Å². The molecule has 2 aromatic carbocycles. The van der Waals surface area contributed by atoms with Crippen LogP contribution in [0.25, 0.3) is 0 Å². The number of nitrogens with zero attached hydrogens (tertiary/aromatic N) is 2. The van der Waals surface area contributed by atoms with Gasteiger partial charge < -0.3 is 34.6 Å². The van der Waals surface area contributed by atoms with Gasteiger partial charge in [-0.1, -0.05) is 23.4 Å². The lowest BCUT2D eigenvalue weighted by atomic mass is 9.87. The van der Waals surface area contributed by atoms with Crippen LogP contribution in [0.3, 0.4) is 0 Å². The van der Waals surface area contributed by atoms with E-state index in [1.807, 2.05) is 42.5 Å². The Morgan fingerprint density at radius 3 is 2.49 bits per heavy atom. The summed E-state index contributed by atoms with van der Waals surface area (Å²) in [5.41, 5.74) is 1.67. The highest BCUT2D eigenvalue weighted by Crippen LogP contribution is 2.35. The zero-order chi connectivity index (χ0) is 24.8. The zero-order valence-corrected chi connectivity index (χ0v) is 20.9. The van der Waals surface area contributed by atoms with Gasteiger partial charge in [-0.3, -0.25) is 4.79 Å². The second-order valence-electron chi connectivity index (χ2n) is 8.48. The normalized spacial score (nSPS) is 16.2. The topological polar surface area (TPSA) is 93.7 Å². The van der Waals surface area contributed by atoms with Crippen LogP contribution in [0.4, 0.5) is 5.69 Å². The highest BCUT2D eigenvalue weighted by molar-refractivity contribution is 7.80. The molecular formula is C25H30N4O5S. The molecule has 2 N–H and O–H groups in total. The number of nitrogens with one attached hydrogen (secondary N) is 2. The van der Waals surface area contributed by atoms with E-state index >= 15 is 0 Å². The summed E-state index contributed by atoms with van der Waals surface area (Å²) < 4.78 is 16.0. The monoisotopic (exact) mass is 498 g/mol. The number of rotatable bonds is 7. The minimum absolute atomic E-state index is 0.229. The van der Waals surface area contributed by atoms with Crippen LogP contribution >= 0.6 is 12.2 Å². The minimum Gasteiger partial charge on any atom is -0.495 e. The molecule has 2 aliphatic rings. The van der Waals surface area contributed by atoms with Crippen molar-refractivity contribution in [3.63, 3.8) is 0 Å². The first-order valence-corrected chi connectivity index (χ1v) is 11.8. The molecule has 1 amide bonds. The van der Waals surface area contributed by atoms with E-state index in [0.717, 1.165) is 29.8 Å². The first kappa shape index (κ1) is 24.6. The summed E-state index contributed by atoms with van der Waals surface area (Å²) >= 11 is 5.61. The number of thiocarbonyl (C=S) groups is 1. The smallest absolute Gasteiger partial charge is 0.269 e. The molecule has 1 saturated heterocycles. The van der Waals surface area contributed by atoms with Crippen LogP contribution in [-0.2, 0) is 16.2 Å². The number of para-hydroxylation sites is 2. The molecule has 0 aliphatic carbocycles. The average molecular weight is 499 g/mol. The molecule has 0 saturated carbocycles. The average Bonchev–Trinajstić information content (AvgIpc) is 3.31. The maximum absolute atomic E-state index is 12.7. The molecule has 0 unspecified atom stereocenters. The molecule has 0 atom stereocenters. The van der Waals surface area contributed by atoms with E-state index in [-0.39, 0.29) is 5.91 Å². The highest BCUT2D eigenvalue weighted by atomic mass is 32.1. The van der Waals surface area contributed by atoms with Crippen molar-refractivity contribution in [2.24, 2.45) is 5.16 Å². The third kappa shape index (κ3) is 5.59. The molecule has 186 valence electrons. The van der Waals surface area contributed by atoms with Gasteiger partial charge in [-0.15, -0.1) is 0 Å². The van der Waals surface area contributed by atoms with Gasteiger partial charge in [0.1, 0.15) is 17.1 Å². The Morgan fingerprint density at radius 1 is 1.06 bits per heavy atom. The predicted octanol–water partition coefficient (Wildman–Crippen LogP) is 3.34. The number of carbonyl (C=O) groups is 1. The van der Waals surface area contributed by atoms with Gasteiger partial charge >= 0.3 is 0 Å². The number of piperidine rings is 1. The summed E-state index contributed by atoms with van der Waals surface area (Å²) in [6, 6.07) is 13.2. The Balaban J connectivity index is 1.27. The number of oxime groups is 1. The van der Waals surface area contributed by atoms with Crippen molar-refractivity contribution in [1.82, 2.24) is 10.2 Å². The van der Waals surface area contributed by atoms with Crippen LogP contribution in [0.15, 0.2) is 47.6 Å². The summed E-state index contributed by atoms with van der Waals surface area (Å²) in [4.78, 5) is 20.6. The third-order valence-corrected chi connectivity index (χ3v) is 6.67. The lowest BCUT2D eigenvalue weighted by molar-refractivity contribution is -0.115. The molecule has 35 heavy (non-hydrogen) atoms. The van der Waals surface area contributed by atoms with Gasteiger partial charge in [0, 0.05) is 38.9 Å². The Hall–Kier alpha value is -3.53. The van der Waals surface area contributed by atoms with E-state index in [9.17, 15) is 4.79 Å². The number of ether oxygens (including phenoxy) is 3. The standard InChI is InChI=1S/C25H30N4O5S/c1-31-20-7-5-4-6-18(20)27-24(35)29-12-10-25(11-13-29)15-19(28-34-25)23(30)26-16-17-8-9-21(32-2)22(14-17)33-3/h4-9,14H,10-13,15-16H2,1-3H3,(H,26,30)(H,27,35). The van der Waals surface area contributed by atoms with Gasteiger partial charge in [0.2, 0.25) is 0 Å². The Bertz CT molecular complexity index is 1110. The van der Waals surface area contributed by atoms with Crippen molar-refractivity contribution >= 4 is 34.6 Å². The molecule has 2 aliphatic heterocycles. The molecule has 4 rings (SSSR count). The molecule has 1 spiro atoms. The van der Waals surface area contributed by atoms with Crippen molar-refractivity contribution in [3.05, 3.63) is 48.0 Å². The minimum atomic E-state index is -0.466. The fourth-order valence-corrected chi connectivity index (χ4v) is 4.54. The number of benzene rings is 2. The van der Waals surface area contributed by atoms with Crippen molar-refractivity contribution in [2.45, 2.75) is 31.4 Å². The SMILES string of the molecule is COc1ccccc1NC(=S)N1CCC2(CC1)CC(C(=O)NCc1ccc(OC)c(OC)c1)=NO2. The fraction of sp³-hybridized carbons (Fsp3) is 0.400. The lowest BCUT2D eigenvalue weighted by Gasteiger charge is -2.38. The Kier molecular flexibility index (Phi) is 7.60. The summed E-state index contributed by atoms with van der Waals surface area (Å²) in [6.45, 7) is 1.76. The molecule has 9 nitrogen and oxygen atoms in total. The van der Waals surface area contributed by atoms with E-state index < -0.39 is 5.60 Å². The number of likely N-dealkylation sites (tertiary alicyclic amines) is 1. The van der Waals surface area contributed by atoms with Gasteiger partial charge in [0.05, 0.1) is 27.0 Å². The Labute approximate surface area is 210 Å². The van der Waals surface area contributed by atoms with Crippen LogP contribution < -0.4 is 24.8 Å². The molecule has 0 aromatic heterocycles. The number of amides is 1. The van der Waals surface area contributed by atoms with Gasteiger partial charge in [0.25, 0.3) is 5.91 Å². The van der Waals surface area contributed by atoms with Crippen LogP contribution in [0.1, 0.15) is 24.8 Å². The first-order chi connectivity index (χ1) is 17.0. The summed E-state index contributed by atoms with van der Waals surface area (Å²) in [6.07, 6.45) is 1.92. The molecule has 0 bridgehead atoms. The molecule has 1 fully saturated rings. The number of hydrogen-bond donors (Lipinski definition) is 2. The van der Waals surface area contributed by atoms with Gasteiger partial charge in [-0.25, -0.2) is 0 Å². The van der Waals surface area contributed by atoms with Crippen molar-refractivity contribution in [2.75, 3.05) is 39.7 Å². The molecular weight excluding hydrogens is 468 g/mol. The van der Waals surface area contributed by atoms with Crippen molar-refractivity contribution in [1.29, 1.82) is 0 Å². The number of hydrogen-bond acceptors (Lipinski definition) is 7. The molecule has 2 heterocycles. The van der Waals surface area contributed by atoms with E-state index in [1.165, 1.54) is 0 Å².